The molecule has 0 saturated heterocycles. The smallest absolute Gasteiger partial charge is 0.273 e. The lowest BCUT2D eigenvalue weighted by Gasteiger charge is -2.20. The number of amides is 2. The van der Waals surface area contributed by atoms with Crippen molar-refractivity contribution in [3.8, 4) is 11.4 Å². The number of nitrogens with zero attached hydrogens (tertiary/aromatic N) is 3. The molecule has 33 heavy (non-hydrogen) atoms. The van der Waals surface area contributed by atoms with Crippen LogP contribution in [0.25, 0.3) is 11.4 Å². The molecule has 15 heteroatoms. The number of benzene rings is 1. The minimum atomic E-state index is -5.02. The Hall–Kier alpha value is -2.16. The molecule has 2 aromatic rings. The van der Waals surface area contributed by atoms with Gasteiger partial charge in [-0.05, 0) is 18.2 Å². The molecule has 2 amide bonds. The molecule has 2 rings (SSSR count). The van der Waals surface area contributed by atoms with Crippen molar-refractivity contribution in [1.82, 2.24) is 25.6 Å². The number of nitrogens with one attached hydrogen (secondary N) is 2. The highest BCUT2D eigenvalue weighted by Crippen LogP contribution is 2.38. The van der Waals surface area contributed by atoms with E-state index in [-0.39, 0.29) is 6.07 Å². The maximum atomic E-state index is 13.1. The number of aromatic nitrogens is 3. The van der Waals surface area contributed by atoms with Crippen LogP contribution in [0.5, 0.6) is 0 Å². The topological polar surface area (TPSA) is 88.9 Å². The molecule has 2 atom stereocenters. The van der Waals surface area contributed by atoms with Gasteiger partial charge in [0.25, 0.3) is 5.91 Å². The van der Waals surface area contributed by atoms with Gasteiger partial charge in [0.05, 0.1) is 11.1 Å². The zero-order valence-electron chi connectivity index (χ0n) is 17.1. The molecule has 0 aliphatic rings. The Bertz CT molecular complexity index is 1000. The van der Waals surface area contributed by atoms with E-state index in [1.54, 1.807) is 20.8 Å². The summed E-state index contributed by atoms with van der Waals surface area (Å²) in [6.45, 7) is 4.88. The number of alkyl halides is 8. The van der Waals surface area contributed by atoms with Crippen LogP contribution < -0.4 is 10.9 Å². The normalized spacial score (nSPS) is 14.5. The van der Waals surface area contributed by atoms with Gasteiger partial charge in [0, 0.05) is 11.0 Å². The molecule has 0 saturated carbocycles. The third-order valence-electron chi connectivity index (χ3n) is 4.08. The lowest BCUT2D eigenvalue weighted by atomic mass is 9.96. The summed E-state index contributed by atoms with van der Waals surface area (Å²) in [5, 5.41) is 3.89. The molecule has 1 aromatic carbocycles. The first kappa shape index (κ1) is 27.1. The third-order valence-corrected chi connectivity index (χ3v) is 6.65. The van der Waals surface area contributed by atoms with Gasteiger partial charge < -0.3 is 0 Å². The predicted octanol–water partition coefficient (Wildman–Crippen LogP) is 4.83. The fraction of sp³-hybridized carbons (Fsp3) is 0.444. The Labute approximate surface area is 200 Å². The summed E-state index contributed by atoms with van der Waals surface area (Å²) in [6.07, 6.45) is -9.02. The highest BCUT2D eigenvalue weighted by atomic mass is 79.9. The van der Waals surface area contributed by atoms with E-state index in [1.165, 1.54) is 0 Å². The van der Waals surface area contributed by atoms with E-state index < -0.39 is 61.9 Å². The summed E-state index contributed by atoms with van der Waals surface area (Å²) in [5.41, 5.74) is 0.133. The van der Waals surface area contributed by atoms with Gasteiger partial charge in [0.2, 0.25) is 5.91 Å². The van der Waals surface area contributed by atoms with E-state index in [2.05, 4.69) is 52.8 Å². The molecule has 182 valence electrons. The molecule has 0 fully saturated rings. The molecule has 0 bridgehead atoms. The van der Waals surface area contributed by atoms with E-state index in [9.17, 15) is 35.9 Å². The van der Waals surface area contributed by atoms with Crippen LogP contribution in [0.3, 0.4) is 0 Å². The molecule has 7 nitrogen and oxygen atoms in total. The highest BCUT2D eigenvalue weighted by molar-refractivity contribution is 9.12. The lowest BCUT2D eigenvalue weighted by Crippen LogP contribution is -2.49. The Morgan fingerprint density at radius 1 is 0.939 bits per heavy atom. The summed E-state index contributed by atoms with van der Waals surface area (Å²) in [6, 6.07) is 0.996. The Morgan fingerprint density at radius 2 is 1.45 bits per heavy atom. The van der Waals surface area contributed by atoms with Crippen molar-refractivity contribution in [2.75, 3.05) is 0 Å². The Kier molecular flexibility index (Phi) is 7.88. The first-order valence-corrected chi connectivity index (χ1v) is 10.8. The number of rotatable bonds is 4. The van der Waals surface area contributed by atoms with Crippen molar-refractivity contribution in [3.05, 3.63) is 35.7 Å². The first-order chi connectivity index (χ1) is 14.9. The monoisotopic (exact) mass is 607 g/mol. The molecule has 1 heterocycles. The van der Waals surface area contributed by atoms with Crippen molar-refractivity contribution < 1.29 is 35.9 Å². The third kappa shape index (κ3) is 6.91. The summed E-state index contributed by atoms with van der Waals surface area (Å²) < 4.78 is 79.5. The molecule has 0 spiro atoms. The Balaban J connectivity index is 2.26. The second kappa shape index (κ2) is 9.60. The van der Waals surface area contributed by atoms with Gasteiger partial charge in [-0.3, -0.25) is 20.4 Å². The van der Waals surface area contributed by atoms with Gasteiger partial charge in [-0.1, -0.05) is 52.6 Å². The molecule has 0 aliphatic carbocycles. The van der Waals surface area contributed by atoms with E-state index in [4.69, 9.17) is 0 Å². The van der Waals surface area contributed by atoms with Crippen LogP contribution in [0.4, 0.5) is 26.3 Å². The standard InChI is InChI=1S/C18H17Br2F6N5O2/c1-16(2,3)15(33)29-28-14(32)11(19)12(20)31-7-27-13(30-31)8-4-9(17(21,22)23)6-10(5-8)18(24,25)26/h4-7,11-12H,1-3H3,(H,28,32)(H,29,33). The average Bonchev–Trinajstić information content (AvgIpc) is 3.18. The number of halogens is 8. The first-order valence-electron chi connectivity index (χ1n) is 9.00. The van der Waals surface area contributed by atoms with Crippen LogP contribution in [0, 0.1) is 5.41 Å². The minimum absolute atomic E-state index is 0.00147. The van der Waals surface area contributed by atoms with Gasteiger partial charge in [0.1, 0.15) is 16.1 Å². The SMILES string of the molecule is CC(C)(C)C(=O)NNC(=O)C(Br)C(Br)n1cnc(-c2cc(C(F)(F)F)cc(C(F)(F)F)c2)n1. The number of hydrogen-bond acceptors (Lipinski definition) is 4. The molecule has 2 unspecified atom stereocenters. The summed E-state index contributed by atoms with van der Waals surface area (Å²) in [4.78, 5) is 25.9. The quantitative estimate of drug-likeness (QED) is 0.296. The van der Waals surface area contributed by atoms with Crippen LogP contribution in [-0.2, 0) is 21.9 Å². The van der Waals surface area contributed by atoms with E-state index in [0.717, 1.165) is 11.0 Å². The number of hydrazine groups is 1. The fourth-order valence-electron chi connectivity index (χ4n) is 2.24. The second-order valence-corrected chi connectivity index (χ2v) is 9.74. The van der Waals surface area contributed by atoms with Gasteiger partial charge in [-0.15, -0.1) is 5.10 Å². The maximum absolute atomic E-state index is 13.1. The van der Waals surface area contributed by atoms with E-state index in [1.807, 2.05) is 0 Å². The molecule has 2 N–H and O–H groups in total. The number of carbonyl (C=O) groups is 2. The van der Waals surface area contributed by atoms with Crippen molar-refractivity contribution in [2.24, 2.45) is 5.41 Å². The predicted molar refractivity (Wildman–Crippen MR) is 112 cm³/mol. The average molecular weight is 609 g/mol. The zero-order chi connectivity index (χ0) is 25.4. The highest BCUT2D eigenvalue weighted by Gasteiger charge is 2.37. The maximum Gasteiger partial charge on any atom is 0.416 e. The van der Waals surface area contributed by atoms with E-state index >= 15 is 0 Å². The van der Waals surface area contributed by atoms with Crippen molar-refractivity contribution in [2.45, 2.75) is 42.9 Å². The number of carbonyl (C=O) groups excluding carboxylic acids is 2. The lowest BCUT2D eigenvalue weighted by molar-refractivity contribution is -0.143. The zero-order valence-corrected chi connectivity index (χ0v) is 20.3. The van der Waals surface area contributed by atoms with Gasteiger partial charge in [0.15, 0.2) is 5.82 Å². The summed E-state index contributed by atoms with van der Waals surface area (Å²) >= 11 is 6.25. The fourth-order valence-corrected chi connectivity index (χ4v) is 3.04. The van der Waals surface area contributed by atoms with Gasteiger partial charge in [-0.2, -0.15) is 26.3 Å². The minimum Gasteiger partial charge on any atom is -0.273 e. The van der Waals surface area contributed by atoms with Crippen LogP contribution in [0.2, 0.25) is 0 Å². The van der Waals surface area contributed by atoms with Gasteiger partial charge >= 0.3 is 12.4 Å². The van der Waals surface area contributed by atoms with Crippen LogP contribution in [-0.4, -0.2) is 31.4 Å². The molecule has 1 aromatic heterocycles. The van der Waals surface area contributed by atoms with E-state index in [0.29, 0.717) is 12.1 Å². The summed E-state index contributed by atoms with van der Waals surface area (Å²) in [7, 11) is 0. The van der Waals surface area contributed by atoms with Crippen molar-refractivity contribution in [3.63, 3.8) is 0 Å². The summed E-state index contributed by atoms with van der Waals surface area (Å²) in [5.74, 6) is -1.59. The second-order valence-electron chi connectivity index (χ2n) is 7.81. The molecular weight excluding hydrogens is 592 g/mol. The van der Waals surface area contributed by atoms with Crippen LogP contribution in [0.15, 0.2) is 24.5 Å². The van der Waals surface area contributed by atoms with Crippen molar-refractivity contribution in [1.29, 1.82) is 0 Å². The molecular formula is C18H17Br2F6N5O2. The Morgan fingerprint density at radius 3 is 1.91 bits per heavy atom. The molecule has 0 aliphatic heterocycles. The molecule has 0 radical (unpaired) electrons. The van der Waals surface area contributed by atoms with Crippen LogP contribution in [0.1, 0.15) is 36.8 Å². The van der Waals surface area contributed by atoms with Crippen LogP contribution >= 0.6 is 31.9 Å². The van der Waals surface area contributed by atoms with Crippen molar-refractivity contribution >= 4 is 43.7 Å². The van der Waals surface area contributed by atoms with Gasteiger partial charge in [-0.25, -0.2) is 9.67 Å². The number of hydrogen-bond donors (Lipinski definition) is 2. The largest absolute Gasteiger partial charge is 0.416 e.